The van der Waals surface area contributed by atoms with E-state index in [0.717, 1.165) is 24.9 Å². The van der Waals surface area contributed by atoms with Crippen LogP contribution in [0.25, 0.3) is 5.69 Å². The minimum atomic E-state index is -3.77. The lowest BCUT2D eigenvalue weighted by molar-refractivity contribution is -0.113. The average molecular weight is 447 g/mol. The highest BCUT2D eigenvalue weighted by molar-refractivity contribution is 7.99. The van der Waals surface area contributed by atoms with Crippen molar-refractivity contribution < 1.29 is 13.2 Å². The van der Waals surface area contributed by atoms with Crippen LogP contribution < -0.4 is 10.5 Å². The van der Waals surface area contributed by atoms with Crippen LogP contribution in [0.1, 0.15) is 25.3 Å². The third-order valence-corrected chi connectivity index (χ3v) is 6.09. The molecular formula is C19H22N6O3S2. The second-order valence-corrected chi connectivity index (χ2v) is 9.05. The number of tetrazole rings is 1. The number of carbonyl (C=O) groups is 1. The maximum Gasteiger partial charge on any atom is 0.238 e. The number of nitrogens with one attached hydrogen (secondary N) is 1. The Bertz CT molecular complexity index is 1100. The molecule has 0 spiro atoms. The number of hydrogen-bond donors (Lipinski definition) is 2. The molecule has 1 amide bonds. The number of anilines is 1. The lowest BCUT2D eigenvalue weighted by atomic mass is 10.1. The van der Waals surface area contributed by atoms with Gasteiger partial charge in [-0.2, -0.15) is 4.68 Å². The number of amides is 1. The summed E-state index contributed by atoms with van der Waals surface area (Å²) >= 11 is 1.20. The van der Waals surface area contributed by atoms with Crippen LogP contribution in [0, 0.1) is 0 Å². The number of sulfonamides is 1. The smallest absolute Gasteiger partial charge is 0.238 e. The SMILES string of the molecule is CCCCc1ccc(-n2nnnc2SCC(=O)Nc2ccc(S(N)(=O)=O)cc2)cc1. The van der Waals surface area contributed by atoms with E-state index in [2.05, 4.69) is 39.9 Å². The molecule has 3 aromatic rings. The zero-order valence-corrected chi connectivity index (χ0v) is 18.0. The van der Waals surface area contributed by atoms with Crippen LogP contribution in [0.5, 0.6) is 0 Å². The summed E-state index contributed by atoms with van der Waals surface area (Å²) in [5.41, 5.74) is 2.55. The number of nitrogens with zero attached hydrogens (tertiary/aromatic N) is 4. The normalized spacial score (nSPS) is 11.4. The Kier molecular flexibility index (Phi) is 7.19. The van der Waals surface area contributed by atoms with Crippen molar-refractivity contribution in [2.75, 3.05) is 11.1 Å². The lowest BCUT2D eigenvalue weighted by Gasteiger charge is -2.07. The molecule has 158 valence electrons. The largest absolute Gasteiger partial charge is 0.325 e. The van der Waals surface area contributed by atoms with Gasteiger partial charge in [0.05, 0.1) is 16.3 Å². The highest BCUT2D eigenvalue weighted by atomic mass is 32.2. The lowest BCUT2D eigenvalue weighted by Crippen LogP contribution is -2.15. The molecule has 2 aromatic carbocycles. The molecule has 0 radical (unpaired) electrons. The van der Waals surface area contributed by atoms with Gasteiger partial charge in [0, 0.05) is 5.69 Å². The molecule has 0 saturated heterocycles. The van der Waals surface area contributed by atoms with E-state index in [9.17, 15) is 13.2 Å². The molecule has 0 unspecified atom stereocenters. The first kappa shape index (κ1) is 21.9. The maximum absolute atomic E-state index is 12.2. The Morgan fingerprint density at radius 2 is 1.83 bits per heavy atom. The maximum atomic E-state index is 12.2. The molecule has 11 heteroatoms. The van der Waals surface area contributed by atoms with Crippen molar-refractivity contribution in [3.05, 3.63) is 54.1 Å². The van der Waals surface area contributed by atoms with Gasteiger partial charge in [-0.25, -0.2) is 13.6 Å². The van der Waals surface area contributed by atoms with Gasteiger partial charge in [0.25, 0.3) is 0 Å². The third kappa shape index (κ3) is 5.88. The molecule has 0 saturated carbocycles. The van der Waals surface area contributed by atoms with Crippen LogP contribution >= 0.6 is 11.8 Å². The topological polar surface area (TPSA) is 133 Å². The molecule has 9 nitrogen and oxygen atoms in total. The minimum absolute atomic E-state index is 0.0187. The van der Waals surface area contributed by atoms with Gasteiger partial charge in [0.15, 0.2) is 0 Å². The number of aromatic nitrogens is 4. The Morgan fingerprint density at radius 1 is 1.13 bits per heavy atom. The number of unbranched alkanes of at least 4 members (excludes halogenated alkanes) is 1. The molecule has 0 aliphatic heterocycles. The standard InChI is InChI=1S/C19H22N6O3S2/c1-2-3-4-14-5-9-16(10-6-14)25-19(22-23-24-25)29-13-18(26)21-15-7-11-17(12-8-15)30(20,27)28/h5-12H,2-4,13H2,1H3,(H,21,26)(H2,20,27,28). The van der Waals surface area contributed by atoms with Crippen molar-refractivity contribution in [1.82, 2.24) is 20.2 Å². The van der Waals surface area contributed by atoms with E-state index in [1.54, 1.807) is 4.68 Å². The van der Waals surface area contributed by atoms with E-state index in [1.165, 1.54) is 41.6 Å². The van der Waals surface area contributed by atoms with Crippen molar-refractivity contribution in [3.63, 3.8) is 0 Å². The Labute approximate surface area is 179 Å². The van der Waals surface area contributed by atoms with Gasteiger partial charge in [-0.15, -0.1) is 5.10 Å². The van der Waals surface area contributed by atoms with Crippen LogP contribution in [0.3, 0.4) is 0 Å². The van der Waals surface area contributed by atoms with Crippen LogP contribution in [0.4, 0.5) is 5.69 Å². The highest BCUT2D eigenvalue weighted by Crippen LogP contribution is 2.20. The fourth-order valence-corrected chi connectivity index (χ4v) is 3.88. The molecule has 3 rings (SSSR count). The first-order valence-corrected chi connectivity index (χ1v) is 11.8. The molecular weight excluding hydrogens is 424 g/mol. The number of primary sulfonamides is 1. The van der Waals surface area contributed by atoms with Crippen LogP contribution in [0.2, 0.25) is 0 Å². The zero-order chi connectivity index (χ0) is 21.6. The van der Waals surface area contributed by atoms with Crippen molar-refractivity contribution in [3.8, 4) is 5.69 Å². The summed E-state index contributed by atoms with van der Waals surface area (Å²) in [6.07, 6.45) is 3.32. The quantitative estimate of drug-likeness (QED) is 0.482. The Hall–Kier alpha value is -2.76. The number of benzene rings is 2. The van der Waals surface area contributed by atoms with Crippen LogP contribution in [0.15, 0.2) is 58.6 Å². The van der Waals surface area contributed by atoms with Gasteiger partial charge in [-0.1, -0.05) is 37.2 Å². The summed E-state index contributed by atoms with van der Waals surface area (Å²) < 4.78 is 24.1. The predicted octanol–water partition coefficient (Wildman–Crippen LogP) is 2.38. The first-order chi connectivity index (χ1) is 14.4. The number of carbonyl (C=O) groups excluding carboxylic acids is 1. The van der Waals surface area contributed by atoms with Crippen molar-refractivity contribution in [2.45, 2.75) is 36.2 Å². The van der Waals surface area contributed by atoms with Gasteiger partial charge in [0.1, 0.15) is 0 Å². The summed E-state index contributed by atoms with van der Waals surface area (Å²) in [4.78, 5) is 12.2. The van der Waals surface area contributed by atoms with Gasteiger partial charge >= 0.3 is 0 Å². The molecule has 3 N–H and O–H groups in total. The van der Waals surface area contributed by atoms with Gasteiger partial charge < -0.3 is 5.32 Å². The monoisotopic (exact) mass is 446 g/mol. The number of thioether (sulfide) groups is 1. The summed E-state index contributed by atoms with van der Waals surface area (Å²) in [7, 11) is -3.77. The van der Waals surface area contributed by atoms with Crippen LogP contribution in [-0.2, 0) is 21.2 Å². The molecule has 1 aromatic heterocycles. The highest BCUT2D eigenvalue weighted by Gasteiger charge is 2.13. The van der Waals surface area contributed by atoms with E-state index in [-0.39, 0.29) is 16.6 Å². The molecule has 1 heterocycles. The molecule has 0 aliphatic carbocycles. The fourth-order valence-electron chi connectivity index (χ4n) is 2.67. The Balaban J connectivity index is 1.59. The van der Waals surface area contributed by atoms with Crippen molar-refractivity contribution >= 4 is 33.4 Å². The first-order valence-electron chi connectivity index (χ1n) is 9.30. The molecule has 0 atom stereocenters. The second-order valence-electron chi connectivity index (χ2n) is 6.55. The number of hydrogen-bond acceptors (Lipinski definition) is 7. The van der Waals surface area contributed by atoms with E-state index < -0.39 is 10.0 Å². The van der Waals surface area contributed by atoms with Gasteiger partial charge in [-0.05, 0) is 65.2 Å². The van der Waals surface area contributed by atoms with E-state index in [1.807, 2.05) is 12.1 Å². The minimum Gasteiger partial charge on any atom is -0.325 e. The molecule has 30 heavy (non-hydrogen) atoms. The van der Waals surface area contributed by atoms with Gasteiger partial charge in [0.2, 0.25) is 21.1 Å². The Morgan fingerprint density at radius 3 is 2.47 bits per heavy atom. The predicted molar refractivity (Wildman–Crippen MR) is 115 cm³/mol. The summed E-state index contributed by atoms with van der Waals surface area (Å²) in [5.74, 6) is -0.181. The average Bonchev–Trinajstić information content (AvgIpc) is 3.19. The summed E-state index contributed by atoms with van der Waals surface area (Å²) in [6, 6.07) is 13.7. The fraction of sp³-hybridized carbons (Fsp3) is 0.263. The molecule has 0 aliphatic rings. The van der Waals surface area contributed by atoms with Crippen molar-refractivity contribution in [2.24, 2.45) is 5.14 Å². The summed E-state index contributed by atoms with van der Waals surface area (Å²) in [5, 5.41) is 20.0. The van der Waals surface area contributed by atoms with E-state index in [4.69, 9.17) is 5.14 Å². The third-order valence-electron chi connectivity index (χ3n) is 4.24. The molecule has 0 bridgehead atoms. The van der Waals surface area contributed by atoms with E-state index >= 15 is 0 Å². The van der Waals surface area contributed by atoms with E-state index in [0.29, 0.717) is 10.8 Å². The number of nitrogens with two attached hydrogens (primary N) is 1. The number of rotatable bonds is 9. The van der Waals surface area contributed by atoms with Crippen LogP contribution in [-0.4, -0.2) is 40.3 Å². The number of aryl methyl sites for hydroxylation is 1. The summed E-state index contributed by atoms with van der Waals surface area (Å²) in [6.45, 7) is 2.16. The second kappa shape index (κ2) is 9.83. The van der Waals surface area contributed by atoms with Crippen molar-refractivity contribution in [1.29, 1.82) is 0 Å². The van der Waals surface area contributed by atoms with Gasteiger partial charge in [-0.3, -0.25) is 4.79 Å². The zero-order valence-electron chi connectivity index (χ0n) is 16.4. The molecule has 0 fully saturated rings.